The summed E-state index contributed by atoms with van der Waals surface area (Å²) < 4.78 is 22.2. The fraction of sp³-hybridized carbons (Fsp3) is 0.0476. The molecule has 20 heteroatoms. The summed E-state index contributed by atoms with van der Waals surface area (Å²) in [5.41, 5.74) is 0.602. The van der Waals surface area contributed by atoms with E-state index in [1.54, 1.807) is 23.2 Å². The molecule has 62 heavy (non-hydrogen) atoms. The number of methoxy groups -OCH3 is 2. The van der Waals surface area contributed by atoms with Crippen molar-refractivity contribution < 1.29 is 38.1 Å². The fourth-order valence-electron chi connectivity index (χ4n) is 7.24. The van der Waals surface area contributed by atoms with Gasteiger partial charge in [-0.25, -0.2) is 29.1 Å². The highest BCUT2D eigenvalue weighted by Gasteiger charge is 2.33. The average molecular weight is 983 g/mol. The Morgan fingerprint density at radius 2 is 0.839 bits per heavy atom. The number of nitrogens with zero attached hydrogens (tertiary/aromatic N) is 4. The average Bonchev–Trinajstić information content (AvgIpc) is 4.00. The van der Waals surface area contributed by atoms with E-state index in [2.05, 4.69) is 9.97 Å². The Labute approximate surface area is 386 Å². The molecule has 0 amide bonds. The van der Waals surface area contributed by atoms with E-state index in [4.69, 9.17) is 98.5 Å². The van der Waals surface area contributed by atoms with E-state index in [1.807, 2.05) is 0 Å². The number of halogens is 6. The monoisotopic (exact) mass is 980 g/mol. The Bertz CT molecular complexity index is 3120. The number of ether oxygens (including phenoxy) is 4. The van der Waals surface area contributed by atoms with Crippen LogP contribution in [0.4, 0.5) is 0 Å². The number of hydrogen-bond donors (Lipinski definition) is 0. The molecule has 0 saturated heterocycles. The molecule has 0 N–H and O–H groups in total. The zero-order valence-electron chi connectivity index (χ0n) is 31.1. The molecule has 0 radical (unpaired) electrons. The molecule has 0 fully saturated rings. The summed E-state index contributed by atoms with van der Waals surface area (Å²) >= 11 is 40.6. The topological polar surface area (TPSA) is 157 Å². The third-order valence-corrected chi connectivity index (χ3v) is 12.8. The molecular weight excluding hydrogens is 965 g/mol. The van der Waals surface area contributed by atoms with E-state index < -0.39 is 23.9 Å². The third-order valence-electron chi connectivity index (χ3n) is 9.68. The maximum atomic E-state index is 14.6. The minimum absolute atomic E-state index is 0.0529. The van der Waals surface area contributed by atoms with E-state index in [0.29, 0.717) is 31.9 Å². The number of aromatic nitrogens is 4. The van der Waals surface area contributed by atoms with Gasteiger partial charge in [-0.05, 0) is 36.4 Å². The third kappa shape index (κ3) is 6.91. The summed E-state index contributed by atoms with van der Waals surface area (Å²) in [5.74, 6) is -3.98. The van der Waals surface area contributed by atoms with Gasteiger partial charge < -0.3 is 18.9 Å². The maximum Gasteiger partial charge on any atom is 0.344 e. The Hall–Kier alpha value is -5.42. The number of hydrogen-bond acceptors (Lipinski definition) is 14. The van der Waals surface area contributed by atoms with Crippen molar-refractivity contribution in [2.75, 3.05) is 14.2 Å². The lowest BCUT2D eigenvalue weighted by Crippen LogP contribution is -2.15. The number of carbonyl (C=O) groups excluding carboxylic acids is 4. The van der Waals surface area contributed by atoms with Crippen LogP contribution in [0, 0.1) is 0 Å². The first-order valence-corrected chi connectivity index (χ1v) is 21.5. The summed E-state index contributed by atoms with van der Waals surface area (Å²) in [5, 5.41) is 5.73. The molecule has 0 aliphatic rings. The standard InChI is InChI=1S/C42H18Cl6N4O8S2/c1-57-39(53)21-13-51-33-30-18(38-50-4-6-62-38)12-20(42(56)60-36-25(47)9-16(44)10-26(36)48)28-22(40(54)58-2)14-52-34(32(28)30)29-17(37-49-3-5-61-37)11-19(27(21)31(29)33)41(55)59-35-23(45)7-15(43)8-24(35)46/h3-14H,1-2H3. The molecule has 12 nitrogen and oxygen atoms in total. The van der Waals surface area contributed by atoms with Crippen molar-refractivity contribution in [1.82, 2.24) is 19.9 Å². The van der Waals surface area contributed by atoms with Gasteiger partial charge in [-0.1, -0.05) is 69.6 Å². The second-order valence-corrected chi connectivity index (χ2v) is 17.4. The zero-order chi connectivity index (χ0) is 43.7. The summed E-state index contributed by atoms with van der Waals surface area (Å²) in [6.07, 6.45) is 5.63. The van der Waals surface area contributed by atoms with Crippen molar-refractivity contribution in [1.29, 1.82) is 0 Å². The predicted molar refractivity (Wildman–Crippen MR) is 241 cm³/mol. The van der Waals surface area contributed by atoms with Gasteiger partial charge in [0.15, 0.2) is 11.5 Å². The quantitative estimate of drug-likeness (QED) is 0.0615. The van der Waals surface area contributed by atoms with Gasteiger partial charge in [-0.15, -0.1) is 22.7 Å². The Balaban J connectivity index is 1.48. The second kappa shape index (κ2) is 16.4. The summed E-state index contributed by atoms with van der Waals surface area (Å²) in [7, 11) is 2.36. The molecule has 0 unspecified atom stereocenters. The van der Waals surface area contributed by atoms with Crippen LogP contribution in [-0.4, -0.2) is 58.0 Å². The lowest BCUT2D eigenvalue weighted by atomic mass is 9.85. The molecule has 0 atom stereocenters. The van der Waals surface area contributed by atoms with Gasteiger partial charge in [-0.3, -0.25) is 9.97 Å². The molecule has 0 bridgehead atoms. The van der Waals surface area contributed by atoms with E-state index in [-0.39, 0.29) is 96.5 Å². The van der Waals surface area contributed by atoms with Gasteiger partial charge in [-0.2, -0.15) is 0 Å². The summed E-state index contributed by atoms with van der Waals surface area (Å²) in [4.78, 5) is 75.5. The fourth-order valence-corrected chi connectivity index (χ4v) is 10.3. The Morgan fingerprint density at radius 1 is 0.468 bits per heavy atom. The van der Waals surface area contributed by atoms with Crippen molar-refractivity contribution in [3.63, 3.8) is 0 Å². The summed E-state index contributed by atoms with van der Waals surface area (Å²) in [6.45, 7) is 0. The Morgan fingerprint density at radius 3 is 1.16 bits per heavy atom. The van der Waals surface area contributed by atoms with Crippen molar-refractivity contribution in [3.8, 4) is 32.6 Å². The number of rotatable bonds is 8. The first-order chi connectivity index (χ1) is 29.8. The lowest BCUT2D eigenvalue weighted by molar-refractivity contribution is 0.0593. The number of pyridine rings is 2. The van der Waals surface area contributed by atoms with Gasteiger partial charge in [0, 0.05) is 89.0 Å². The summed E-state index contributed by atoms with van der Waals surface area (Å²) in [6, 6.07) is 8.40. The van der Waals surface area contributed by atoms with Gasteiger partial charge >= 0.3 is 23.9 Å². The first kappa shape index (κ1) is 41.9. The predicted octanol–water partition coefficient (Wildman–Crippen LogP) is 12.7. The molecule has 0 saturated carbocycles. The molecular formula is C42H18Cl6N4O8S2. The van der Waals surface area contributed by atoms with Crippen molar-refractivity contribution in [2.24, 2.45) is 0 Å². The molecule has 9 rings (SSSR count). The van der Waals surface area contributed by atoms with Crippen LogP contribution in [0.25, 0.3) is 64.5 Å². The van der Waals surface area contributed by atoms with E-state index >= 15 is 0 Å². The minimum Gasteiger partial charge on any atom is -0.465 e. The number of fused-ring (bicyclic) bond motifs is 2. The molecule has 0 aliphatic carbocycles. The molecule has 5 aromatic carbocycles. The number of benzene rings is 5. The molecule has 9 aromatic rings. The number of esters is 4. The van der Waals surface area contributed by atoms with Gasteiger partial charge in [0.25, 0.3) is 0 Å². The second-order valence-electron chi connectivity index (χ2n) is 13.1. The minimum atomic E-state index is -0.967. The van der Waals surface area contributed by atoms with E-state index in [0.717, 1.165) is 0 Å². The van der Waals surface area contributed by atoms with Crippen LogP contribution in [0.1, 0.15) is 41.4 Å². The number of thiazole rings is 2. The van der Waals surface area contributed by atoms with Gasteiger partial charge in [0.1, 0.15) is 10.0 Å². The highest BCUT2D eigenvalue weighted by atomic mass is 35.5. The van der Waals surface area contributed by atoms with Crippen LogP contribution in [0.3, 0.4) is 0 Å². The molecule has 4 aromatic heterocycles. The van der Waals surface area contributed by atoms with Crippen molar-refractivity contribution >= 4 is 160 Å². The molecule has 308 valence electrons. The first-order valence-electron chi connectivity index (χ1n) is 17.5. The molecule has 4 heterocycles. The van der Waals surface area contributed by atoms with Crippen LogP contribution in [0.15, 0.2) is 71.9 Å². The zero-order valence-corrected chi connectivity index (χ0v) is 37.2. The maximum absolute atomic E-state index is 14.6. The van der Waals surface area contributed by atoms with E-state index in [1.165, 1.54) is 85.7 Å². The Kier molecular flexibility index (Phi) is 11.1. The van der Waals surface area contributed by atoms with Crippen LogP contribution in [-0.2, 0) is 9.47 Å². The van der Waals surface area contributed by atoms with Crippen LogP contribution in [0.2, 0.25) is 30.1 Å². The molecule has 0 aliphatic heterocycles. The lowest BCUT2D eigenvalue weighted by Gasteiger charge is -2.22. The smallest absolute Gasteiger partial charge is 0.344 e. The van der Waals surface area contributed by atoms with Crippen LogP contribution >= 0.6 is 92.3 Å². The molecule has 0 spiro atoms. The van der Waals surface area contributed by atoms with E-state index in [9.17, 15) is 19.2 Å². The SMILES string of the molecule is COC(=O)c1cnc2c3c(-c4nccs4)cc(C(=O)Oc4c(Cl)cc(Cl)cc4Cl)c4c(C(=O)OC)cnc(c5c(-c6nccs6)cc(C(=O)Oc6c(Cl)cc(Cl)cc6Cl)c1c25)c43. The largest absolute Gasteiger partial charge is 0.465 e. The number of carbonyl (C=O) groups is 4. The van der Waals surface area contributed by atoms with Crippen molar-refractivity contribution in [2.45, 2.75) is 0 Å². The highest BCUT2D eigenvalue weighted by molar-refractivity contribution is 7.13. The van der Waals surface area contributed by atoms with Crippen molar-refractivity contribution in [3.05, 3.63) is 124 Å². The van der Waals surface area contributed by atoms with Gasteiger partial charge in [0.05, 0.1) is 67.6 Å². The highest BCUT2D eigenvalue weighted by Crippen LogP contribution is 2.50. The van der Waals surface area contributed by atoms with Crippen LogP contribution in [0.5, 0.6) is 11.5 Å². The van der Waals surface area contributed by atoms with Crippen LogP contribution < -0.4 is 9.47 Å². The van der Waals surface area contributed by atoms with Gasteiger partial charge in [0.2, 0.25) is 0 Å². The normalized spacial score (nSPS) is 11.5.